The summed E-state index contributed by atoms with van der Waals surface area (Å²) in [6, 6.07) is 12.8. The van der Waals surface area contributed by atoms with E-state index < -0.39 is 27.6 Å². The highest BCUT2D eigenvalue weighted by molar-refractivity contribution is 7.99. The normalized spacial score (nSPS) is 15.4. The average molecular weight is 647 g/mol. The van der Waals surface area contributed by atoms with Gasteiger partial charge in [0.2, 0.25) is 10.0 Å². The number of unbranched alkanes of at least 4 members (excludes halogenated alkanes) is 3. The van der Waals surface area contributed by atoms with Crippen molar-refractivity contribution in [1.82, 2.24) is 5.32 Å². The largest absolute Gasteiger partial charge is 0.444 e. The Morgan fingerprint density at radius 2 is 1.75 bits per heavy atom. The maximum atomic E-state index is 13.4. The van der Waals surface area contributed by atoms with Gasteiger partial charge in [0, 0.05) is 36.4 Å². The predicted octanol–water partition coefficient (Wildman–Crippen LogP) is 7.14. The molecule has 244 valence electrons. The van der Waals surface area contributed by atoms with Gasteiger partial charge >= 0.3 is 6.09 Å². The highest BCUT2D eigenvalue weighted by atomic mass is 32.2. The molecular weight excluding hydrogens is 597 g/mol. The minimum atomic E-state index is -3.64. The number of hydrogen-bond donors (Lipinski definition) is 2. The fourth-order valence-corrected chi connectivity index (χ4v) is 6.39. The van der Waals surface area contributed by atoms with Gasteiger partial charge in [0.1, 0.15) is 5.60 Å². The van der Waals surface area contributed by atoms with E-state index in [1.54, 1.807) is 12.1 Å². The Kier molecular flexibility index (Phi) is 12.8. The summed E-state index contributed by atoms with van der Waals surface area (Å²) < 4.78 is 31.6. The summed E-state index contributed by atoms with van der Waals surface area (Å²) in [7, 11) is -2.19. The topological polar surface area (TPSA) is 108 Å². The molecule has 11 heteroatoms. The van der Waals surface area contributed by atoms with Gasteiger partial charge in [-0.05, 0) is 87.7 Å². The first-order chi connectivity index (χ1) is 20.6. The summed E-state index contributed by atoms with van der Waals surface area (Å²) in [4.78, 5) is 28.8. The minimum absolute atomic E-state index is 0.111. The van der Waals surface area contributed by atoms with Crippen LogP contribution in [-0.4, -0.2) is 64.2 Å². The summed E-state index contributed by atoms with van der Waals surface area (Å²) in [5.74, 6) is 1.44. The smallest absolute Gasteiger partial charge is 0.407 e. The van der Waals surface area contributed by atoms with E-state index in [0.29, 0.717) is 25.2 Å². The molecule has 1 fully saturated rings. The highest BCUT2D eigenvalue weighted by Crippen LogP contribution is 2.31. The van der Waals surface area contributed by atoms with E-state index >= 15 is 0 Å². The van der Waals surface area contributed by atoms with Crippen LogP contribution in [0.4, 0.5) is 21.9 Å². The second-order valence-corrected chi connectivity index (χ2v) is 16.1. The number of hydrogen-bond acceptors (Lipinski definition) is 7. The lowest BCUT2D eigenvalue weighted by Crippen LogP contribution is -2.40. The summed E-state index contributed by atoms with van der Waals surface area (Å²) in [5.41, 5.74) is 1.35. The molecule has 2 N–H and O–H groups in total. The molecule has 1 saturated heterocycles. The van der Waals surface area contributed by atoms with E-state index in [-0.39, 0.29) is 17.3 Å². The van der Waals surface area contributed by atoms with Crippen LogP contribution >= 0.6 is 11.8 Å². The number of nitrogens with zero attached hydrogens (tertiary/aromatic N) is 2. The Hall–Kier alpha value is -2.92. The maximum Gasteiger partial charge on any atom is 0.407 e. The highest BCUT2D eigenvalue weighted by Gasteiger charge is 2.28. The average Bonchev–Trinajstić information content (AvgIpc) is 3.39. The summed E-state index contributed by atoms with van der Waals surface area (Å²) in [6.45, 7) is 11.2. The molecule has 0 saturated carbocycles. The lowest BCUT2D eigenvalue weighted by atomic mass is 10.0. The molecule has 0 aromatic heterocycles. The zero-order valence-corrected chi connectivity index (χ0v) is 28.9. The van der Waals surface area contributed by atoms with Gasteiger partial charge in [-0.1, -0.05) is 39.5 Å². The zero-order valence-electron chi connectivity index (χ0n) is 27.3. The second kappa shape index (κ2) is 15.9. The number of benzene rings is 2. The predicted molar refractivity (Wildman–Crippen MR) is 183 cm³/mol. The molecule has 0 radical (unpaired) electrons. The summed E-state index contributed by atoms with van der Waals surface area (Å²) in [5, 5.41) is 5.83. The standard InChI is InChI=1S/C33H50N4O5S2/c1-24(2)12-10-8-9-11-21-43-28-16-13-25(14-17-28)34-31(38)29-18-15-27(22-30(29)36(6)44(7,40)41)37-20-19-26(23-37)35-32(39)42-33(3,4)5/h13-18,22,24,26H,8-12,19-21,23H2,1-7H3,(H,34,38)(H,35,39)/t26-/m1/s1. The van der Waals surface area contributed by atoms with Gasteiger partial charge in [0.25, 0.3) is 5.91 Å². The minimum Gasteiger partial charge on any atom is -0.444 e. The molecule has 1 atom stereocenters. The van der Waals surface area contributed by atoms with Crippen molar-refractivity contribution in [2.75, 3.05) is 46.7 Å². The van der Waals surface area contributed by atoms with Crippen LogP contribution in [0.25, 0.3) is 0 Å². The van der Waals surface area contributed by atoms with Crippen molar-refractivity contribution in [3.05, 3.63) is 48.0 Å². The molecule has 0 aliphatic carbocycles. The number of carbonyl (C=O) groups excluding carboxylic acids is 2. The van der Waals surface area contributed by atoms with E-state index in [1.807, 2.05) is 62.9 Å². The molecule has 0 unspecified atom stereocenters. The van der Waals surface area contributed by atoms with Crippen LogP contribution in [0, 0.1) is 5.92 Å². The lowest BCUT2D eigenvalue weighted by Gasteiger charge is -2.25. The van der Waals surface area contributed by atoms with Gasteiger partial charge in [-0.3, -0.25) is 9.10 Å². The van der Waals surface area contributed by atoms with Crippen LogP contribution in [0.1, 0.15) is 83.5 Å². The fourth-order valence-electron chi connectivity index (χ4n) is 4.97. The van der Waals surface area contributed by atoms with Crippen LogP contribution in [-0.2, 0) is 14.8 Å². The van der Waals surface area contributed by atoms with Crippen LogP contribution < -0.4 is 19.8 Å². The van der Waals surface area contributed by atoms with Gasteiger partial charge in [-0.25, -0.2) is 13.2 Å². The molecule has 1 heterocycles. The third-order valence-corrected chi connectivity index (χ3v) is 9.68. The third kappa shape index (κ3) is 11.5. The number of ether oxygens (including phenoxy) is 1. The molecule has 3 rings (SSSR count). The zero-order chi connectivity index (χ0) is 32.5. The van der Waals surface area contributed by atoms with Gasteiger partial charge in [-0.15, -0.1) is 11.8 Å². The molecule has 1 aliphatic rings. The number of thioether (sulfide) groups is 1. The number of carbonyl (C=O) groups is 2. The van der Waals surface area contributed by atoms with Crippen molar-refractivity contribution in [3.8, 4) is 0 Å². The van der Waals surface area contributed by atoms with Crippen LogP contribution in [0.15, 0.2) is 47.4 Å². The monoisotopic (exact) mass is 646 g/mol. The van der Waals surface area contributed by atoms with E-state index in [9.17, 15) is 18.0 Å². The second-order valence-electron chi connectivity index (χ2n) is 12.9. The van der Waals surface area contributed by atoms with Crippen molar-refractivity contribution in [2.45, 2.75) is 89.7 Å². The number of nitrogens with one attached hydrogen (secondary N) is 2. The Morgan fingerprint density at radius 1 is 1.07 bits per heavy atom. The molecule has 2 aromatic rings. The number of amides is 2. The Bertz CT molecular complexity index is 1360. The van der Waals surface area contributed by atoms with Crippen molar-refractivity contribution in [1.29, 1.82) is 0 Å². The Morgan fingerprint density at radius 3 is 2.39 bits per heavy atom. The van der Waals surface area contributed by atoms with Gasteiger partial charge in [0.05, 0.1) is 23.5 Å². The fraction of sp³-hybridized carbons (Fsp3) is 0.576. The molecule has 9 nitrogen and oxygen atoms in total. The van der Waals surface area contributed by atoms with Gasteiger partial charge in [-0.2, -0.15) is 0 Å². The summed E-state index contributed by atoms with van der Waals surface area (Å²) in [6.07, 6.45) is 7.67. The van der Waals surface area contributed by atoms with Gasteiger partial charge < -0.3 is 20.3 Å². The molecule has 0 spiro atoms. The van der Waals surface area contributed by atoms with E-state index in [0.717, 1.165) is 32.8 Å². The first-order valence-electron chi connectivity index (χ1n) is 15.5. The molecule has 44 heavy (non-hydrogen) atoms. The van der Waals surface area contributed by atoms with Crippen molar-refractivity contribution in [2.24, 2.45) is 5.92 Å². The van der Waals surface area contributed by atoms with Crippen molar-refractivity contribution < 1.29 is 22.7 Å². The third-order valence-electron chi connectivity index (χ3n) is 7.39. The van der Waals surface area contributed by atoms with Crippen LogP contribution in [0.5, 0.6) is 0 Å². The number of alkyl carbamates (subject to hydrolysis) is 1. The van der Waals surface area contributed by atoms with Gasteiger partial charge in [0.15, 0.2) is 0 Å². The SMILES string of the molecule is CC(C)CCCCCCSc1ccc(NC(=O)c2ccc(N3CC[C@@H](NC(=O)OC(C)(C)C)C3)cc2N(C)S(C)(=O)=O)cc1. The maximum absolute atomic E-state index is 13.4. The van der Waals surface area contributed by atoms with E-state index in [4.69, 9.17) is 4.74 Å². The Balaban J connectivity index is 1.64. The number of anilines is 3. The van der Waals surface area contributed by atoms with Crippen LogP contribution in [0.3, 0.4) is 0 Å². The number of rotatable bonds is 14. The van der Waals surface area contributed by atoms with E-state index in [1.165, 1.54) is 39.2 Å². The van der Waals surface area contributed by atoms with Crippen LogP contribution in [0.2, 0.25) is 0 Å². The quantitative estimate of drug-likeness (QED) is 0.166. The lowest BCUT2D eigenvalue weighted by molar-refractivity contribution is 0.0508. The molecule has 1 aliphatic heterocycles. The number of sulfonamides is 1. The Labute approximate surface area is 268 Å². The molecule has 2 aromatic carbocycles. The van der Waals surface area contributed by atoms with Crippen molar-refractivity contribution >= 4 is 50.8 Å². The summed E-state index contributed by atoms with van der Waals surface area (Å²) >= 11 is 1.82. The molecule has 0 bridgehead atoms. The molecule has 2 amide bonds. The van der Waals surface area contributed by atoms with E-state index in [2.05, 4.69) is 29.4 Å². The van der Waals surface area contributed by atoms with Crippen molar-refractivity contribution in [3.63, 3.8) is 0 Å². The first kappa shape index (κ1) is 35.6. The molecular formula is C33H50N4O5S2. The first-order valence-corrected chi connectivity index (χ1v) is 18.3.